The normalized spacial score (nSPS) is 18.5. The van der Waals surface area contributed by atoms with Crippen LogP contribution in [0.2, 0.25) is 0 Å². The Morgan fingerprint density at radius 1 is 1.20 bits per heavy atom. The van der Waals surface area contributed by atoms with Gasteiger partial charge in [-0.2, -0.15) is 0 Å². The van der Waals surface area contributed by atoms with Gasteiger partial charge in [-0.3, -0.25) is 9.69 Å². The van der Waals surface area contributed by atoms with Crippen LogP contribution in [0.3, 0.4) is 0 Å². The second-order valence-corrected chi connectivity index (χ2v) is 4.16. The van der Waals surface area contributed by atoms with E-state index in [0.717, 1.165) is 26.2 Å². The Labute approximate surface area is 91.3 Å². The number of carbonyl (C=O) groups is 1. The summed E-state index contributed by atoms with van der Waals surface area (Å²) in [5, 5.41) is 10.4. The lowest BCUT2D eigenvalue weighted by molar-refractivity contribution is -0.133. The molecule has 1 radical (unpaired) electrons. The third-order valence-corrected chi connectivity index (χ3v) is 2.58. The van der Waals surface area contributed by atoms with Crippen molar-refractivity contribution in [2.24, 2.45) is 0 Å². The van der Waals surface area contributed by atoms with E-state index in [1.807, 2.05) is 23.9 Å². The Morgan fingerprint density at radius 3 is 2.27 bits per heavy atom. The highest BCUT2D eigenvalue weighted by molar-refractivity contribution is 5.78. The van der Waals surface area contributed by atoms with Crippen molar-refractivity contribution in [1.82, 2.24) is 14.7 Å². The van der Waals surface area contributed by atoms with Gasteiger partial charge in [-0.1, -0.05) is 0 Å². The zero-order chi connectivity index (χ0) is 11.3. The highest BCUT2D eigenvalue weighted by Crippen LogP contribution is 2.01. The van der Waals surface area contributed by atoms with Gasteiger partial charge in [-0.15, -0.1) is 0 Å². The smallest absolute Gasteiger partial charge is 0.236 e. The summed E-state index contributed by atoms with van der Waals surface area (Å²) in [7, 11) is 3.79. The van der Waals surface area contributed by atoms with Crippen molar-refractivity contribution in [3.63, 3.8) is 0 Å². The van der Waals surface area contributed by atoms with Crippen LogP contribution in [0.4, 0.5) is 0 Å². The molecular weight excluding hydrogens is 194 g/mol. The molecule has 1 amide bonds. The zero-order valence-electron chi connectivity index (χ0n) is 9.61. The first kappa shape index (κ1) is 12.4. The lowest BCUT2D eigenvalue weighted by atomic mass is 10.3. The van der Waals surface area contributed by atoms with Gasteiger partial charge >= 0.3 is 0 Å². The second kappa shape index (κ2) is 6.05. The molecule has 1 saturated heterocycles. The van der Waals surface area contributed by atoms with Crippen LogP contribution in [0.15, 0.2) is 0 Å². The van der Waals surface area contributed by atoms with Gasteiger partial charge in [0.2, 0.25) is 5.91 Å². The number of piperazine rings is 1. The van der Waals surface area contributed by atoms with Crippen molar-refractivity contribution in [3.05, 3.63) is 0 Å². The molecule has 0 atom stereocenters. The number of hydrogen-bond acceptors (Lipinski definition) is 3. The fourth-order valence-corrected chi connectivity index (χ4v) is 1.72. The van der Waals surface area contributed by atoms with Crippen LogP contribution in [0.5, 0.6) is 0 Å². The Morgan fingerprint density at radius 2 is 1.80 bits per heavy atom. The van der Waals surface area contributed by atoms with Gasteiger partial charge in [0.05, 0.1) is 13.2 Å². The van der Waals surface area contributed by atoms with E-state index >= 15 is 0 Å². The number of rotatable bonds is 4. The Hall–Kier alpha value is -0.650. The van der Waals surface area contributed by atoms with Crippen molar-refractivity contribution < 1.29 is 9.90 Å². The summed E-state index contributed by atoms with van der Waals surface area (Å²) in [5.74, 6) is 0.182. The first-order valence-corrected chi connectivity index (χ1v) is 5.36. The van der Waals surface area contributed by atoms with E-state index in [4.69, 9.17) is 0 Å². The maximum Gasteiger partial charge on any atom is 0.236 e. The molecule has 0 bridgehead atoms. The van der Waals surface area contributed by atoms with Crippen LogP contribution in [-0.2, 0) is 9.90 Å². The average Bonchev–Trinajstić information content (AvgIpc) is 2.18. The van der Waals surface area contributed by atoms with Crippen LogP contribution in [0.25, 0.3) is 0 Å². The highest BCUT2D eigenvalue weighted by atomic mass is 16.3. The van der Waals surface area contributed by atoms with Gasteiger partial charge < -0.3 is 9.80 Å². The van der Waals surface area contributed by atoms with Gasteiger partial charge in [0, 0.05) is 32.7 Å². The molecule has 0 aromatic rings. The van der Waals surface area contributed by atoms with Gasteiger partial charge in [0.15, 0.2) is 0 Å². The van der Waals surface area contributed by atoms with E-state index in [1.54, 1.807) is 0 Å². The molecule has 0 unspecified atom stereocenters. The Kier molecular flexibility index (Phi) is 5.01. The Bertz CT molecular complexity index is 201. The van der Waals surface area contributed by atoms with Crippen LogP contribution in [0.1, 0.15) is 0 Å². The molecular formula is C10H20N3O2. The van der Waals surface area contributed by atoms with E-state index in [2.05, 4.69) is 4.90 Å². The number of likely N-dealkylation sites (N-methyl/N-ethyl adjacent to an activating group) is 1. The predicted molar refractivity (Wildman–Crippen MR) is 57.1 cm³/mol. The number of hydrogen-bond donors (Lipinski definition) is 0. The third-order valence-electron chi connectivity index (χ3n) is 2.58. The molecule has 5 heteroatoms. The van der Waals surface area contributed by atoms with Crippen molar-refractivity contribution >= 4 is 5.91 Å². The molecule has 1 rings (SSSR count). The first-order valence-electron chi connectivity index (χ1n) is 5.36. The molecule has 87 valence electrons. The van der Waals surface area contributed by atoms with Gasteiger partial charge in [-0.25, -0.2) is 5.11 Å². The Balaban J connectivity index is 2.27. The van der Waals surface area contributed by atoms with Crippen LogP contribution in [0, 0.1) is 0 Å². The predicted octanol–water partition coefficient (Wildman–Crippen LogP) is -0.877. The van der Waals surface area contributed by atoms with E-state index in [0.29, 0.717) is 13.1 Å². The lowest BCUT2D eigenvalue weighted by Gasteiger charge is -2.34. The molecule has 0 saturated carbocycles. The quantitative estimate of drug-likeness (QED) is 0.611. The lowest BCUT2D eigenvalue weighted by Crippen LogP contribution is -2.51. The van der Waals surface area contributed by atoms with Crippen molar-refractivity contribution in [2.45, 2.75) is 0 Å². The average molecular weight is 214 g/mol. The monoisotopic (exact) mass is 214 g/mol. The second-order valence-electron chi connectivity index (χ2n) is 4.16. The summed E-state index contributed by atoms with van der Waals surface area (Å²) in [6.45, 7) is 4.21. The van der Waals surface area contributed by atoms with Crippen molar-refractivity contribution in [3.8, 4) is 0 Å². The number of nitrogens with zero attached hydrogens (tertiary/aromatic N) is 3. The maximum atomic E-state index is 11.7. The largest absolute Gasteiger partial charge is 0.339 e. The van der Waals surface area contributed by atoms with Gasteiger partial charge in [0.25, 0.3) is 0 Å². The topological polar surface area (TPSA) is 46.7 Å². The molecule has 5 nitrogen and oxygen atoms in total. The maximum absolute atomic E-state index is 11.7. The number of carbonyl (C=O) groups excluding carboxylic acids is 1. The third kappa shape index (κ3) is 4.15. The summed E-state index contributed by atoms with van der Waals surface area (Å²) in [4.78, 5) is 17.6. The minimum atomic E-state index is -0.0500. The summed E-state index contributed by atoms with van der Waals surface area (Å²) in [6.07, 6.45) is 0. The molecule has 0 aliphatic carbocycles. The molecule has 0 aromatic heterocycles. The van der Waals surface area contributed by atoms with E-state index in [1.165, 1.54) is 0 Å². The minimum Gasteiger partial charge on any atom is -0.339 e. The van der Waals surface area contributed by atoms with Crippen molar-refractivity contribution in [1.29, 1.82) is 0 Å². The molecule has 1 heterocycles. The molecule has 1 aliphatic rings. The summed E-state index contributed by atoms with van der Waals surface area (Å²) < 4.78 is 0. The summed E-state index contributed by atoms with van der Waals surface area (Å²) >= 11 is 0. The summed E-state index contributed by atoms with van der Waals surface area (Å²) in [6, 6.07) is 0. The molecule has 0 aromatic carbocycles. The SMILES string of the molecule is CN(C)CC(=O)N1CCN(CC[O])CC1. The van der Waals surface area contributed by atoms with Gasteiger partial charge in [-0.05, 0) is 14.1 Å². The van der Waals surface area contributed by atoms with Gasteiger partial charge in [0.1, 0.15) is 0 Å². The summed E-state index contributed by atoms with van der Waals surface area (Å²) in [5.41, 5.74) is 0. The van der Waals surface area contributed by atoms with Crippen LogP contribution < -0.4 is 0 Å². The van der Waals surface area contributed by atoms with Crippen molar-refractivity contribution in [2.75, 3.05) is 60.0 Å². The molecule has 15 heavy (non-hydrogen) atoms. The van der Waals surface area contributed by atoms with Crippen LogP contribution >= 0.6 is 0 Å². The van der Waals surface area contributed by atoms with E-state index in [-0.39, 0.29) is 12.5 Å². The highest BCUT2D eigenvalue weighted by Gasteiger charge is 2.20. The van der Waals surface area contributed by atoms with E-state index in [9.17, 15) is 9.90 Å². The van der Waals surface area contributed by atoms with Crippen LogP contribution in [-0.4, -0.2) is 80.6 Å². The standard InChI is InChI=1S/C10H20N3O2/c1-11(2)9-10(15)13-5-3-12(4-6-13)7-8-14/h3-9H2,1-2H3. The zero-order valence-corrected chi connectivity index (χ0v) is 9.61. The fraction of sp³-hybridized carbons (Fsp3) is 0.900. The fourth-order valence-electron chi connectivity index (χ4n) is 1.72. The molecule has 1 aliphatic heterocycles. The minimum absolute atomic E-state index is 0.0500. The molecule has 0 N–H and O–H groups in total. The first-order chi connectivity index (χ1) is 7.13. The van der Waals surface area contributed by atoms with E-state index < -0.39 is 0 Å². The molecule has 1 fully saturated rings. The molecule has 0 spiro atoms. The number of amides is 1.